The molecule has 0 atom stereocenters. The Labute approximate surface area is 99.3 Å². The second-order valence-corrected chi connectivity index (χ2v) is 4.25. The van der Waals surface area contributed by atoms with Crippen LogP contribution in [0.2, 0.25) is 0 Å². The van der Waals surface area contributed by atoms with Crippen LogP contribution in [-0.4, -0.2) is 17.6 Å². The zero-order chi connectivity index (χ0) is 12.1. The lowest BCUT2D eigenvalue weighted by Gasteiger charge is -2.08. The fourth-order valence-electron chi connectivity index (χ4n) is 1.63. The minimum absolute atomic E-state index is 0.176. The SMILES string of the molecule is O=C=NC1(CC(=O)OCc2ccccc2)CC1. The van der Waals surface area contributed by atoms with Gasteiger partial charge in [-0.25, -0.2) is 4.79 Å². The van der Waals surface area contributed by atoms with Crippen LogP contribution in [0.4, 0.5) is 0 Å². The van der Waals surface area contributed by atoms with E-state index in [0.717, 1.165) is 18.4 Å². The summed E-state index contributed by atoms with van der Waals surface area (Å²) >= 11 is 0. The summed E-state index contributed by atoms with van der Waals surface area (Å²) in [6.07, 6.45) is 3.23. The van der Waals surface area contributed by atoms with Gasteiger partial charge in [-0.3, -0.25) is 4.79 Å². The fourth-order valence-corrected chi connectivity index (χ4v) is 1.63. The van der Waals surface area contributed by atoms with Crippen LogP contribution in [-0.2, 0) is 20.9 Å². The van der Waals surface area contributed by atoms with Crippen LogP contribution in [0.5, 0.6) is 0 Å². The Morgan fingerprint density at radius 2 is 2.06 bits per heavy atom. The van der Waals surface area contributed by atoms with Crippen molar-refractivity contribution in [3.63, 3.8) is 0 Å². The standard InChI is InChI=1S/C13H13NO3/c15-10-14-13(6-7-13)8-12(16)17-9-11-4-2-1-3-5-11/h1-5H,6-9H2. The molecule has 0 unspecified atom stereocenters. The van der Waals surface area contributed by atoms with Crippen molar-refractivity contribution < 1.29 is 14.3 Å². The summed E-state index contributed by atoms with van der Waals surface area (Å²) in [5, 5.41) is 0. The normalized spacial score (nSPS) is 15.8. The molecule has 4 nitrogen and oxygen atoms in total. The molecule has 0 saturated heterocycles. The number of nitrogens with zero attached hydrogens (tertiary/aromatic N) is 1. The number of benzene rings is 1. The molecule has 2 rings (SSSR count). The lowest BCUT2D eigenvalue weighted by Crippen LogP contribution is -2.15. The molecule has 0 amide bonds. The molecular formula is C13H13NO3. The number of rotatable bonds is 5. The highest BCUT2D eigenvalue weighted by Gasteiger charge is 2.45. The van der Waals surface area contributed by atoms with E-state index < -0.39 is 5.54 Å². The first-order valence-corrected chi connectivity index (χ1v) is 5.53. The van der Waals surface area contributed by atoms with Gasteiger partial charge in [-0.1, -0.05) is 30.3 Å². The molecule has 1 aromatic rings. The zero-order valence-electron chi connectivity index (χ0n) is 9.39. The van der Waals surface area contributed by atoms with Crippen molar-refractivity contribution in [2.24, 2.45) is 4.99 Å². The van der Waals surface area contributed by atoms with E-state index >= 15 is 0 Å². The summed E-state index contributed by atoms with van der Waals surface area (Å²) in [5.74, 6) is -0.314. The highest BCUT2D eigenvalue weighted by Crippen LogP contribution is 2.42. The average molecular weight is 231 g/mol. The molecule has 0 aliphatic heterocycles. The Kier molecular flexibility index (Phi) is 3.35. The number of hydrogen-bond acceptors (Lipinski definition) is 4. The molecule has 0 aromatic heterocycles. The van der Waals surface area contributed by atoms with Crippen molar-refractivity contribution in [2.75, 3.05) is 0 Å². The molecule has 1 aliphatic carbocycles. The van der Waals surface area contributed by atoms with Crippen molar-refractivity contribution in [1.82, 2.24) is 0 Å². The highest BCUT2D eigenvalue weighted by atomic mass is 16.5. The van der Waals surface area contributed by atoms with Crippen LogP contribution in [0.25, 0.3) is 0 Å². The highest BCUT2D eigenvalue weighted by molar-refractivity contribution is 5.72. The van der Waals surface area contributed by atoms with Crippen LogP contribution < -0.4 is 0 Å². The third-order valence-electron chi connectivity index (χ3n) is 2.83. The Morgan fingerprint density at radius 1 is 1.35 bits per heavy atom. The predicted molar refractivity (Wildman–Crippen MR) is 60.9 cm³/mol. The number of aliphatic imine (C=N–C) groups is 1. The van der Waals surface area contributed by atoms with E-state index in [1.165, 1.54) is 6.08 Å². The predicted octanol–water partition coefficient (Wildman–Crippen LogP) is 1.99. The quantitative estimate of drug-likeness (QED) is 0.442. The van der Waals surface area contributed by atoms with E-state index in [2.05, 4.69) is 4.99 Å². The fraction of sp³-hybridized carbons (Fsp3) is 0.385. The van der Waals surface area contributed by atoms with Crippen molar-refractivity contribution in [3.8, 4) is 0 Å². The van der Waals surface area contributed by atoms with Crippen LogP contribution in [0, 0.1) is 0 Å². The molecule has 0 radical (unpaired) electrons. The Morgan fingerprint density at radius 3 is 2.65 bits per heavy atom. The first kappa shape index (κ1) is 11.6. The summed E-state index contributed by atoms with van der Waals surface area (Å²) in [5.41, 5.74) is 0.444. The van der Waals surface area contributed by atoms with Crippen LogP contribution in [0.1, 0.15) is 24.8 Å². The molecule has 0 heterocycles. The lowest BCUT2D eigenvalue weighted by atomic mass is 10.2. The van der Waals surface area contributed by atoms with Gasteiger partial charge in [-0.15, -0.1) is 0 Å². The minimum atomic E-state index is -0.504. The number of esters is 1. The van der Waals surface area contributed by atoms with Gasteiger partial charge in [0.25, 0.3) is 0 Å². The largest absolute Gasteiger partial charge is 0.461 e. The van der Waals surface area contributed by atoms with Crippen LogP contribution in [0.3, 0.4) is 0 Å². The van der Waals surface area contributed by atoms with Gasteiger partial charge in [-0.05, 0) is 18.4 Å². The van der Waals surface area contributed by atoms with E-state index in [0.29, 0.717) is 0 Å². The van der Waals surface area contributed by atoms with Gasteiger partial charge >= 0.3 is 5.97 Å². The molecule has 1 fully saturated rings. The van der Waals surface area contributed by atoms with E-state index in [1.54, 1.807) is 0 Å². The van der Waals surface area contributed by atoms with Gasteiger partial charge in [-0.2, -0.15) is 4.99 Å². The summed E-state index contributed by atoms with van der Waals surface area (Å²) in [6.45, 7) is 0.264. The van der Waals surface area contributed by atoms with Gasteiger partial charge < -0.3 is 4.74 Å². The third-order valence-corrected chi connectivity index (χ3v) is 2.83. The van der Waals surface area contributed by atoms with E-state index in [4.69, 9.17) is 4.74 Å². The van der Waals surface area contributed by atoms with Crippen LogP contribution in [0.15, 0.2) is 35.3 Å². The molecule has 1 saturated carbocycles. The summed E-state index contributed by atoms with van der Waals surface area (Å²) in [6, 6.07) is 9.47. The molecule has 88 valence electrons. The summed E-state index contributed by atoms with van der Waals surface area (Å²) in [7, 11) is 0. The average Bonchev–Trinajstić information content (AvgIpc) is 3.08. The monoisotopic (exact) mass is 231 g/mol. The molecule has 1 aliphatic rings. The maximum absolute atomic E-state index is 11.5. The first-order chi connectivity index (χ1) is 8.24. The molecule has 0 bridgehead atoms. The molecule has 0 N–H and O–H groups in total. The Hall–Kier alpha value is -1.93. The van der Waals surface area contributed by atoms with Gasteiger partial charge in [0.05, 0.1) is 12.0 Å². The first-order valence-electron chi connectivity index (χ1n) is 5.53. The molecular weight excluding hydrogens is 218 g/mol. The van der Waals surface area contributed by atoms with Crippen molar-refractivity contribution in [3.05, 3.63) is 35.9 Å². The summed E-state index contributed by atoms with van der Waals surface area (Å²) < 4.78 is 5.12. The number of hydrogen-bond donors (Lipinski definition) is 0. The lowest BCUT2D eigenvalue weighted by molar-refractivity contribution is -0.145. The van der Waals surface area contributed by atoms with Gasteiger partial charge in [0.2, 0.25) is 6.08 Å². The second kappa shape index (κ2) is 4.93. The third kappa shape index (κ3) is 3.26. The molecule has 1 aromatic carbocycles. The molecule has 0 spiro atoms. The number of ether oxygens (including phenoxy) is 1. The molecule has 4 heteroatoms. The zero-order valence-corrected chi connectivity index (χ0v) is 9.39. The maximum Gasteiger partial charge on any atom is 0.308 e. The van der Waals surface area contributed by atoms with Crippen molar-refractivity contribution >= 4 is 12.0 Å². The van der Waals surface area contributed by atoms with Crippen molar-refractivity contribution in [1.29, 1.82) is 0 Å². The van der Waals surface area contributed by atoms with Crippen molar-refractivity contribution in [2.45, 2.75) is 31.4 Å². The van der Waals surface area contributed by atoms with Gasteiger partial charge in [0, 0.05) is 0 Å². The summed E-state index contributed by atoms with van der Waals surface area (Å²) in [4.78, 5) is 25.4. The number of carbonyl (C=O) groups is 1. The Bertz CT molecular complexity index is 445. The molecule has 17 heavy (non-hydrogen) atoms. The number of isocyanates is 1. The Balaban J connectivity index is 1.81. The van der Waals surface area contributed by atoms with Gasteiger partial charge in [0.15, 0.2) is 0 Å². The minimum Gasteiger partial charge on any atom is -0.461 e. The number of carbonyl (C=O) groups excluding carboxylic acids is 2. The van der Waals surface area contributed by atoms with Gasteiger partial charge in [0.1, 0.15) is 6.61 Å². The smallest absolute Gasteiger partial charge is 0.308 e. The van der Waals surface area contributed by atoms with Crippen LogP contribution >= 0.6 is 0 Å². The second-order valence-electron chi connectivity index (χ2n) is 4.25. The van der Waals surface area contributed by atoms with E-state index in [1.807, 2.05) is 30.3 Å². The topological polar surface area (TPSA) is 55.7 Å². The van der Waals surface area contributed by atoms with E-state index in [-0.39, 0.29) is 19.0 Å². The van der Waals surface area contributed by atoms with E-state index in [9.17, 15) is 9.59 Å². The maximum atomic E-state index is 11.5.